The molecule has 94 valence electrons. The molecule has 0 fully saturated rings. The molecule has 2 N–H and O–H groups in total. The average Bonchev–Trinajstić information content (AvgIpc) is 2.28. The third-order valence-corrected chi connectivity index (χ3v) is 3.47. The minimum atomic E-state index is -1.18. The second-order valence-electron chi connectivity index (χ2n) is 4.83. The standard InChI is InChI=1S/C13H18FNO2/c1-12(2,13(3,15)11(16)17-4)9-5-7-10(14)8-6-9/h5-8H,15H2,1-4H3. The summed E-state index contributed by atoms with van der Waals surface area (Å²) in [5, 5.41) is 0. The van der Waals surface area contributed by atoms with Gasteiger partial charge in [-0.2, -0.15) is 0 Å². The van der Waals surface area contributed by atoms with Crippen molar-refractivity contribution in [3.05, 3.63) is 35.6 Å². The first-order chi connectivity index (χ1) is 7.73. The van der Waals surface area contributed by atoms with E-state index in [1.807, 2.05) is 13.8 Å². The first-order valence-electron chi connectivity index (χ1n) is 5.37. The van der Waals surface area contributed by atoms with E-state index in [4.69, 9.17) is 10.5 Å². The third kappa shape index (κ3) is 2.31. The number of carbonyl (C=O) groups is 1. The predicted octanol–water partition coefficient (Wildman–Crippen LogP) is 1.99. The predicted molar refractivity (Wildman–Crippen MR) is 64.0 cm³/mol. The number of hydrogen-bond donors (Lipinski definition) is 1. The van der Waals surface area contributed by atoms with Crippen LogP contribution in [0, 0.1) is 5.82 Å². The monoisotopic (exact) mass is 239 g/mol. The first kappa shape index (κ1) is 13.6. The van der Waals surface area contributed by atoms with E-state index in [1.165, 1.54) is 19.2 Å². The molecular weight excluding hydrogens is 221 g/mol. The molecule has 4 heteroatoms. The quantitative estimate of drug-likeness (QED) is 0.821. The van der Waals surface area contributed by atoms with Crippen LogP contribution < -0.4 is 5.73 Å². The van der Waals surface area contributed by atoms with Crippen LogP contribution >= 0.6 is 0 Å². The summed E-state index contributed by atoms with van der Waals surface area (Å²) in [7, 11) is 1.30. The molecule has 0 amide bonds. The van der Waals surface area contributed by atoms with Gasteiger partial charge < -0.3 is 10.5 Å². The maximum absolute atomic E-state index is 12.9. The van der Waals surface area contributed by atoms with Crippen molar-refractivity contribution in [1.29, 1.82) is 0 Å². The smallest absolute Gasteiger partial charge is 0.326 e. The van der Waals surface area contributed by atoms with Gasteiger partial charge in [0.1, 0.15) is 11.4 Å². The van der Waals surface area contributed by atoms with Gasteiger partial charge in [-0.05, 0) is 24.6 Å². The Morgan fingerprint density at radius 2 is 1.71 bits per heavy atom. The number of benzene rings is 1. The molecule has 1 unspecified atom stereocenters. The fourth-order valence-corrected chi connectivity index (χ4v) is 1.63. The molecule has 0 heterocycles. The van der Waals surface area contributed by atoms with Crippen molar-refractivity contribution in [2.45, 2.75) is 31.7 Å². The van der Waals surface area contributed by atoms with Crippen LogP contribution in [0.2, 0.25) is 0 Å². The van der Waals surface area contributed by atoms with E-state index >= 15 is 0 Å². The average molecular weight is 239 g/mol. The number of esters is 1. The van der Waals surface area contributed by atoms with E-state index in [1.54, 1.807) is 19.1 Å². The summed E-state index contributed by atoms with van der Waals surface area (Å²) in [5.41, 5.74) is 5.00. The highest BCUT2D eigenvalue weighted by molar-refractivity contribution is 5.82. The van der Waals surface area contributed by atoms with E-state index in [9.17, 15) is 9.18 Å². The fraction of sp³-hybridized carbons (Fsp3) is 0.462. The third-order valence-electron chi connectivity index (χ3n) is 3.47. The van der Waals surface area contributed by atoms with Crippen LogP contribution in [0.1, 0.15) is 26.3 Å². The minimum absolute atomic E-state index is 0.318. The lowest BCUT2D eigenvalue weighted by Crippen LogP contribution is -2.59. The lowest BCUT2D eigenvalue weighted by atomic mass is 9.69. The molecule has 0 bridgehead atoms. The summed E-state index contributed by atoms with van der Waals surface area (Å²) in [6, 6.07) is 5.96. The highest BCUT2D eigenvalue weighted by Crippen LogP contribution is 2.34. The Kier molecular flexibility index (Phi) is 3.57. The molecule has 1 aromatic carbocycles. The highest BCUT2D eigenvalue weighted by Gasteiger charge is 2.46. The van der Waals surface area contributed by atoms with Crippen molar-refractivity contribution < 1.29 is 13.9 Å². The molecule has 1 atom stereocenters. The summed E-state index contributed by atoms with van der Waals surface area (Å²) in [5.74, 6) is -0.812. The van der Waals surface area contributed by atoms with Gasteiger partial charge in [0, 0.05) is 5.41 Å². The maximum atomic E-state index is 12.9. The van der Waals surface area contributed by atoms with E-state index in [-0.39, 0.29) is 5.82 Å². The Labute approximate surface area is 101 Å². The zero-order valence-electron chi connectivity index (χ0n) is 10.6. The fourth-order valence-electron chi connectivity index (χ4n) is 1.63. The molecule has 1 aromatic rings. The zero-order chi connectivity index (χ0) is 13.3. The molecule has 0 aromatic heterocycles. The van der Waals surface area contributed by atoms with Gasteiger partial charge in [-0.1, -0.05) is 26.0 Å². The Balaban J connectivity index is 3.18. The van der Waals surface area contributed by atoms with Gasteiger partial charge in [0.25, 0.3) is 0 Å². The van der Waals surface area contributed by atoms with Crippen molar-refractivity contribution in [2.75, 3.05) is 7.11 Å². The van der Waals surface area contributed by atoms with Gasteiger partial charge in [0.15, 0.2) is 0 Å². The first-order valence-corrected chi connectivity index (χ1v) is 5.37. The van der Waals surface area contributed by atoms with Crippen molar-refractivity contribution in [2.24, 2.45) is 5.73 Å². The van der Waals surface area contributed by atoms with Crippen molar-refractivity contribution in [3.63, 3.8) is 0 Å². The van der Waals surface area contributed by atoms with Crippen LogP contribution in [0.15, 0.2) is 24.3 Å². The van der Waals surface area contributed by atoms with Crippen molar-refractivity contribution >= 4 is 5.97 Å². The van der Waals surface area contributed by atoms with Gasteiger partial charge in [-0.15, -0.1) is 0 Å². The number of methoxy groups -OCH3 is 1. The van der Waals surface area contributed by atoms with Crippen LogP contribution in [0.5, 0.6) is 0 Å². The molecule has 0 aliphatic rings. The van der Waals surface area contributed by atoms with Gasteiger partial charge in [0.2, 0.25) is 0 Å². The summed E-state index contributed by atoms with van der Waals surface area (Å²) in [6.07, 6.45) is 0. The number of nitrogens with two attached hydrogens (primary N) is 1. The molecule has 0 saturated carbocycles. The molecule has 0 aliphatic carbocycles. The number of halogens is 1. The molecule has 0 aliphatic heterocycles. The van der Waals surface area contributed by atoms with Crippen LogP contribution in [0.3, 0.4) is 0 Å². The van der Waals surface area contributed by atoms with Crippen LogP contribution in [-0.2, 0) is 14.9 Å². The molecule has 1 rings (SSSR count). The van der Waals surface area contributed by atoms with Gasteiger partial charge in [0.05, 0.1) is 7.11 Å². The second-order valence-corrected chi connectivity index (χ2v) is 4.83. The van der Waals surface area contributed by atoms with E-state index in [0.717, 1.165) is 5.56 Å². The Bertz CT molecular complexity index is 410. The maximum Gasteiger partial charge on any atom is 0.326 e. The van der Waals surface area contributed by atoms with E-state index in [2.05, 4.69) is 0 Å². The molecule has 0 spiro atoms. The van der Waals surface area contributed by atoms with Gasteiger partial charge >= 0.3 is 5.97 Å². The summed E-state index contributed by atoms with van der Waals surface area (Å²) in [6.45, 7) is 5.27. The topological polar surface area (TPSA) is 52.3 Å². The Morgan fingerprint density at radius 1 is 1.24 bits per heavy atom. The molecule has 17 heavy (non-hydrogen) atoms. The number of rotatable bonds is 3. The largest absolute Gasteiger partial charge is 0.468 e. The number of carbonyl (C=O) groups excluding carboxylic acids is 1. The minimum Gasteiger partial charge on any atom is -0.468 e. The second kappa shape index (κ2) is 4.45. The van der Waals surface area contributed by atoms with Gasteiger partial charge in [-0.3, -0.25) is 4.79 Å². The normalized spacial score (nSPS) is 15.2. The van der Waals surface area contributed by atoms with Crippen LogP contribution in [0.4, 0.5) is 4.39 Å². The van der Waals surface area contributed by atoms with Crippen molar-refractivity contribution in [3.8, 4) is 0 Å². The SMILES string of the molecule is COC(=O)C(C)(N)C(C)(C)c1ccc(F)cc1. The molecular formula is C13H18FNO2. The molecule has 0 saturated heterocycles. The zero-order valence-corrected chi connectivity index (χ0v) is 10.6. The summed E-state index contributed by atoms with van der Waals surface area (Å²) in [4.78, 5) is 11.7. The lowest BCUT2D eigenvalue weighted by Gasteiger charge is -2.39. The summed E-state index contributed by atoms with van der Waals surface area (Å²) < 4.78 is 17.6. The highest BCUT2D eigenvalue weighted by atomic mass is 19.1. The molecule has 3 nitrogen and oxygen atoms in total. The Hall–Kier alpha value is -1.42. The van der Waals surface area contributed by atoms with Crippen molar-refractivity contribution in [1.82, 2.24) is 0 Å². The Morgan fingerprint density at radius 3 is 2.12 bits per heavy atom. The number of ether oxygens (including phenoxy) is 1. The number of hydrogen-bond acceptors (Lipinski definition) is 3. The van der Waals surface area contributed by atoms with Crippen LogP contribution in [0.25, 0.3) is 0 Å². The van der Waals surface area contributed by atoms with Gasteiger partial charge in [-0.25, -0.2) is 4.39 Å². The van der Waals surface area contributed by atoms with E-state index in [0.29, 0.717) is 0 Å². The lowest BCUT2D eigenvalue weighted by molar-refractivity contribution is -0.148. The van der Waals surface area contributed by atoms with Crippen LogP contribution in [-0.4, -0.2) is 18.6 Å². The van der Waals surface area contributed by atoms with E-state index < -0.39 is 16.9 Å². The molecule has 0 radical (unpaired) electrons. The summed E-state index contributed by atoms with van der Waals surface area (Å²) >= 11 is 0.